The number of nitrogens with zero attached hydrogens (tertiary/aromatic N) is 4. The molecule has 2 N–H and O–H groups in total. The average molecular weight is 282 g/mol. The molecule has 2 rings (SSSR count). The molecule has 7 nitrogen and oxygen atoms in total. The van der Waals surface area contributed by atoms with E-state index >= 15 is 0 Å². The van der Waals surface area contributed by atoms with Gasteiger partial charge in [-0.2, -0.15) is 9.61 Å². The fraction of sp³-hybridized carbons (Fsp3) is 0.636. The van der Waals surface area contributed by atoms with Crippen molar-refractivity contribution in [1.29, 1.82) is 0 Å². The summed E-state index contributed by atoms with van der Waals surface area (Å²) in [5.41, 5.74) is -0.227. The van der Waals surface area contributed by atoms with E-state index in [4.69, 9.17) is 0 Å². The van der Waals surface area contributed by atoms with Crippen molar-refractivity contribution in [3.05, 3.63) is 10.8 Å². The van der Waals surface area contributed by atoms with Gasteiger partial charge in [0.25, 0.3) is 0 Å². The Morgan fingerprint density at radius 1 is 1.37 bits per heavy atom. The lowest BCUT2D eigenvalue weighted by molar-refractivity contribution is 0.232. The third-order valence-electron chi connectivity index (χ3n) is 2.30. The van der Waals surface area contributed by atoms with Gasteiger partial charge < -0.3 is 10.6 Å². The first-order valence-electron chi connectivity index (χ1n) is 6.09. The molecule has 0 saturated carbocycles. The summed E-state index contributed by atoms with van der Waals surface area (Å²) >= 11 is 1.49. The van der Waals surface area contributed by atoms with Crippen LogP contribution in [0.5, 0.6) is 0 Å². The van der Waals surface area contributed by atoms with Gasteiger partial charge in [0.15, 0.2) is 5.82 Å². The van der Waals surface area contributed by atoms with Gasteiger partial charge in [-0.15, -0.1) is 10.2 Å². The Labute approximate surface area is 115 Å². The Hall–Kier alpha value is -1.70. The van der Waals surface area contributed by atoms with Gasteiger partial charge >= 0.3 is 6.03 Å². The standard InChI is InChI=1S/C11H18N6OS/c1-7-14-15-10-17(7)16-8(19-10)5-6-12-9(18)13-11(2,3)4/h5-6H2,1-4H3,(H2,12,13,18). The summed E-state index contributed by atoms with van der Waals surface area (Å²) in [7, 11) is 0. The van der Waals surface area contributed by atoms with Crippen molar-refractivity contribution >= 4 is 22.3 Å². The van der Waals surface area contributed by atoms with E-state index < -0.39 is 0 Å². The first kappa shape index (κ1) is 13.7. The predicted molar refractivity (Wildman–Crippen MR) is 73.4 cm³/mol. The Bertz CT molecular complexity index is 582. The van der Waals surface area contributed by atoms with E-state index in [2.05, 4.69) is 25.9 Å². The minimum atomic E-state index is -0.227. The smallest absolute Gasteiger partial charge is 0.315 e. The molecule has 0 aromatic carbocycles. The van der Waals surface area contributed by atoms with Crippen LogP contribution in [0.4, 0.5) is 4.79 Å². The minimum absolute atomic E-state index is 0.160. The van der Waals surface area contributed by atoms with Gasteiger partial charge in [-0.3, -0.25) is 0 Å². The summed E-state index contributed by atoms with van der Waals surface area (Å²) in [5.74, 6) is 0.774. The number of aryl methyl sites for hydroxylation is 1. The lowest BCUT2D eigenvalue weighted by Gasteiger charge is -2.20. The molecule has 0 aliphatic heterocycles. The largest absolute Gasteiger partial charge is 0.338 e. The van der Waals surface area contributed by atoms with Crippen LogP contribution in [-0.4, -0.2) is 37.9 Å². The van der Waals surface area contributed by atoms with Crippen molar-refractivity contribution in [3.8, 4) is 0 Å². The van der Waals surface area contributed by atoms with Crippen molar-refractivity contribution in [2.24, 2.45) is 0 Å². The number of carbonyl (C=O) groups excluding carboxylic acids is 1. The normalized spacial score (nSPS) is 11.8. The molecule has 0 spiro atoms. The minimum Gasteiger partial charge on any atom is -0.338 e. The fourth-order valence-corrected chi connectivity index (χ4v) is 2.40. The quantitative estimate of drug-likeness (QED) is 0.884. The molecule has 2 heterocycles. The van der Waals surface area contributed by atoms with Crippen molar-refractivity contribution in [2.75, 3.05) is 6.54 Å². The van der Waals surface area contributed by atoms with Crippen LogP contribution in [0.25, 0.3) is 4.96 Å². The third-order valence-corrected chi connectivity index (χ3v) is 3.26. The van der Waals surface area contributed by atoms with Gasteiger partial charge in [-0.25, -0.2) is 4.79 Å². The summed E-state index contributed by atoms with van der Waals surface area (Å²) in [4.78, 5) is 12.3. The predicted octanol–water partition coefficient (Wildman–Crippen LogP) is 1.13. The maximum atomic E-state index is 11.6. The van der Waals surface area contributed by atoms with Crippen molar-refractivity contribution < 1.29 is 4.79 Å². The summed E-state index contributed by atoms with van der Waals surface area (Å²) < 4.78 is 1.72. The molecular weight excluding hydrogens is 264 g/mol. The van der Waals surface area contributed by atoms with Crippen LogP contribution < -0.4 is 10.6 Å². The number of fused-ring (bicyclic) bond motifs is 1. The molecule has 0 radical (unpaired) electrons. The number of hydrogen-bond donors (Lipinski definition) is 2. The van der Waals surface area contributed by atoms with E-state index in [1.165, 1.54) is 11.3 Å². The molecule has 19 heavy (non-hydrogen) atoms. The van der Waals surface area contributed by atoms with E-state index in [0.717, 1.165) is 15.8 Å². The Kier molecular flexibility index (Phi) is 3.70. The Morgan fingerprint density at radius 2 is 2.11 bits per heavy atom. The van der Waals surface area contributed by atoms with E-state index in [1.807, 2.05) is 27.7 Å². The number of nitrogens with one attached hydrogen (secondary N) is 2. The molecule has 0 unspecified atom stereocenters. The average Bonchev–Trinajstić information content (AvgIpc) is 2.79. The molecule has 0 aliphatic rings. The highest BCUT2D eigenvalue weighted by atomic mass is 32.1. The van der Waals surface area contributed by atoms with Crippen molar-refractivity contribution in [3.63, 3.8) is 0 Å². The Balaban J connectivity index is 1.84. The van der Waals surface area contributed by atoms with Crippen molar-refractivity contribution in [1.82, 2.24) is 30.4 Å². The van der Waals surface area contributed by atoms with Crippen molar-refractivity contribution in [2.45, 2.75) is 39.7 Å². The Morgan fingerprint density at radius 3 is 2.74 bits per heavy atom. The highest BCUT2D eigenvalue weighted by Crippen LogP contribution is 2.13. The SMILES string of the molecule is Cc1nnc2sc(CCNC(=O)NC(C)(C)C)nn12. The second-order valence-electron chi connectivity index (χ2n) is 5.32. The number of amides is 2. The molecule has 2 amide bonds. The number of aromatic nitrogens is 4. The highest BCUT2D eigenvalue weighted by Gasteiger charge is 2.13. The first-order valence-corrected chi connectivity index (χ1v) is 6.90. The summed E-state index contributed by atoms with van der Waals surface area (Å²) in [6, 6.07) is -0.160. The summed E-state index contributed by atoms with van der Waals surface area (Å²) in [6.07, 6.45) is 0.686. The van der Waals surface area contributed by atoms with Gasteiger partial charge in [0, 0.05) is 18.5 Å². The third kappa shape index (κ3) is 3.63. The zero-order valence-corrected chi connectivity index (χ0v) is 12.3. The lowest BCUT2D eigenvalue weighted by Crippen LogP contribution is -2.46. The summed E-state index contributed by atoms with van der Waals surface area (Å²) in [6.45, 7) is 8.23. The molecule has 0 fully saturated rings. The van der Waals surface area contributed by atoms with Gasteiger partial charge in [0.1, 0.15) is 5.01 Å². The van der Waals surface area contributed by atoms with Crippen LogP contribution in [0.3, 0.4) is 0 Å². The second-order valence-corrected chi connectivity index (χ2v) is 6.36. The van der Waals surface area contributed by atoms with E-state index in [0.29, 0.717) is 13.0 Å². The van der Waals surface area contributed by atoms with Crippen LogP contribution in [-0.2, 0) is 6.42 Å². The zero-order valence-electron chi connectivity index (χ0n) is 11.5. The molecule has 104 valence electrons. The van der Waals surface area contributed by atoms with Crippen LogP contribution in [0.15, 0.2) is 0 Å². The molecule has 0 aliphatic carbocycles. The first-order chi connectivity index (χ1) is 8.85. The zero-order chi connectivity index (χ0) is 14.0. The topological polar surface area (TPSA) is 84.2 Å². The molecule has 2 aromatic heterocycles. The second kappa shape index (κ2) is 5.12. The van der Waals surface area contributed by atoms with Gasteiger partial charge in [0.05, 0.1) is 0 Å². The van der Waals surface area contributed by atoms with E-state index in [1.54, 1.807) is 4.52 Å². The highest BCUT2D eigenvalue weighted by molar-refractivity contribution is 7.16. The van der Waals surface area contributed by atoms with Gasteiger partial charge in [-0.1, -0.05) is 11.3 Å². The maximum Gasteiger partial charge on any atom is 0.315 e. The molecule has 8 heteroatoms. The van der Waals surface area contributed by atoms with Crippen LogP contribution in [0.1, 0.15) is 31.6 Å². The molecule has 2 aromatic rings. The molecular formula is C11H18N6OS. The maximum absolute atomic E-state index is 11.6. The molecule has 0 atom stereocenters. The molecule has 0 saturated heterocycles. The van der Waals surface area contributed by atoms with Crippen LogP contribution >= 0.6 is 11.3 Å². The van der Waals surface area contributed by atoms with Gasteiger partial charge in [-0.05, 0) is 27.7 Å². The van der Waals surface area contributed by atoms with Gasteiger partial charge in [0.2, 0.25) is 4.96 Å². The fourth-order valence-electron chi connectivity index (χ4n) is 1.52. The molecule has 0 bridgehead atoms. The number of hydrogen-bond acceptors (Lipinski definition) is 5. The van der Waals surface area contributed by atoms with E-state index in [9.17, 15) is 4.79 Å². The van der Waals surface area contributed by atoms with Crippen LogP contribution in [0, 0.1) is 6.92 Å². The number of rotatable bonds is 3. The number of carbonyl (C=O) groups is 1. The number of urea groups is 1. The van der Waals surface area contributed by atoms with Crippen LogP contribution in [0.2, 0.25) is 0 Å². The van der Waals surface area contributed by atoms with E-state index in [-0.39, 0.29) is 11.6 Å². The summed E-state index contributed by atoms with van der Waals surface area (Å²) in [5, 5.41) is 18.9. The lowest BCUT2D eigenvalue weighted by atomic mass is 10.1. The monoisotopic (exact) mass is 282 g/mol.